The Labute approximate surface area is 85.9 Å². The number of para-hydroxylation sites is 1. The van der Waals surface area contributed by atoms with E-state index in [1.54, 1.807) is 0 Å². The first-order chi connectivity index (χ1) is 5.61. The third-order valence-corrected chi connectivity index (χ3v) is 2.48. The Morgan fingerprint density at radius 3 is 2.83 bits per heavy atom. The predicted molar refractivity (Wildman–Crippen MR) is 58.2 cm³/mol. The first kappa shape index (κ1) is 9.80. The number of nitrogens with two attached hydrogens (primary N) is 1. The van der Waals surface area contributed by atoms with Crippen molar-refractivity contribution in [3.8, 4) is 5.75 Å². The average molecular weight is 277 g/mol. The Morgan fingerprint density at radius 1 is 1.58 bits per heavy atom. The van der Waals surface area contributed by atoms with Crippen LogP contribution in [0, 0.1) is 3.57 Å². The highest BCUT2D eigenvalue weighted by Crippen LogP contribution is 2.24. The maximum absolute atomic E-state index is 9.58. The molecule has 3 heteroatoms. The van der Waals surface area contributed by atoms with E-state index in [0.717, 1.165) is 15.6 Å². The van der Waals surface area contributed by atoms with E-state index in [0.29, 0.717) is 5.75 Å². The first-order valence-electron chi connectivity index (χ1n) is 3.83. The summed E-state index contributed by atoms with van der Waals surface area (Å²) in [7, 11) is 0. The molecule has 2 nitrogen and oxygen atoms in total. The Balaban J connectivity index is 2.92. The fourth-order valence-electron chi connectivity index (χ4n) is 1.07. The van der Waals surface area contributed by atoms with Crippen LogP contribution in [0.3, 0.4) is 0 Å². The fraction of sp³-hybridized carbons (Fsp3) is 0.333. The molecule has 0 aliphatic carbocycles. The molecule has 0 heterocycles. The number of aromatic hydroxyl groups is 1. The Bertz CT molecular complexity index is 273. The minimum Gasteiger partial charge on any atom is -0.507 e. The molecule has 0 bridgehead atoms. The van der Waals surface area contributed by atoms with E-state index in [2.05, 4.69) is 22.6 Å². The van der Waals surface area contributed by atoms with E-state index in [1.165, 1.54) is 0 Å². The lowest BCUT2D eigenvalue weighted by molar-refractivity contribution is 0.462. The van der Waals surface area contributed by atoms with Gasteiger partial charge in [0.25, 0.3) is 0 Å². The number of hydrogen-bond acceptors (Lipinski definition) is 2. The van der Waals surface area contributed by atoms with Gasteiger partial charge in [-0.2, -0.15) is 0 Å². The Morgan fingerprint density at radius 2 is 2.25 bits per heavy atom. The van der Waals surface area contributed by atoms with Crippen LogP contribution in [-0.2, 0) is 6.42 Å². The van der Waals surface area contributed by atoms with Gasteiger partial charge in [0.15, 0.2) is 0 Å². The minimum atomic E-state index is 0.0918. The lowest BCUT2D eigenvalue weighted by Gasteiger charge is -2.07. The molecule has 0 saturated carbocycles. The second kappa shape index (κ2) is 4.09. The summed E-state index contributed by atoms with van der Waals surface area (Å²) in [6.07, 6.45) is 0.725. The summed E-state index contributed by atoms with van der Waals surface area (Å²) in [5.41, 5.74) is 6.56. The molecule has 0 amide bonds. The van der Waals surface area contributed by atoms with Crippen molar-refractivity contribution in [3.05, 3.63) is 27.3 Å². The van der Waals surface area contributed by atoms with E-state index in [1.807, 2.05) is 25.1 Å². The maximum atomic E-state index is 9.58. The van der Waals surface area contributed by atoms with E-state index in [4.69, 9.17) is 5.73 Å². The fourth-order valence-corrected chi connectivity index (χ4v) is 1.63. The van der Waals surface area contributed by atoms with Crippen LogP contribution in [-0.4, -0.2) is 11.1 Å². The lowest BCUT2D eigenvalue weighted by atomic mass is 10.1. The molecule has 0 radical (unpaired) electrons. The topological polar surface area (TPSA) is 46.2 Å². The van der Waals surface area contributed by atoms with Gasteiger partial charge in [0.2, 0.25) is 0 Å². The summed E-state index contributed by atoms with van der Waals surface area (Å²) in [6, 6.07) is 5.80. The summed E-state index contributed by atoms with van der Waals surface area (Å²) in [5.74, 6) is 0.371. The zero-order valence-electron chi connectivity index (χ0n) is 6.92. The number of phenols is 1. The molecule has 0 saturated heterocycles. The van der Waals surface area contributed by atoms with Crippen LogP contribution in [0.2, 0.25) is 0 Å². The molecule has 12 heavy (non-hydrogen) atoms. The first-order valence-corrected chi connectivity index (χ1v) is 4.91. The quantitative estimate of drug-likeness (QED) is 0.811. The normalized spacial score (nSPS) is 12.9. The van der Waals surface area contributed by atoms with Crippen molar-refractivity contribution >= 4 is 22.6 Å². The minimum absolute atomic E-state index is 0.0918. The van der Waals surface area contributed by atoms with Crippen molar-refractivity contribution in [1.82, 2.24) is 0 Å². The lowest BCUT2D eigenvalue weighted by Crippen LogP contribution is -2.17. The van der Waals surface area contributed by atoms with Crippen LogP contribution in [0.4, 0.5) is 0 Å². The van der Waals surface area contributed by atoms with Crippen molar-refractivity contribution in [2.75, 3.05) is 0 Å². The van der Waals surface area contributed by atoms with Gasteiger partial charge in [-0.15, -0.1) is 0 Å². The van der Waals surface area contributed by atoms with Crippen LogP contribution in [0.25, 0.3) is 0 Å². The van der Waals surface area contributed by atoms with Crippen LogP contribution >= 0.6 is 22.6 Å². The SMILES string of the molecule is CC(N)Cc1cccc(I)c1O. The second-order valence-electron chi connectivity index (χ2n) is 2.93. The molecule has 0 aliphatic rings. The molecular formula is C9H12INO. The molecule has 3 N–H and O–H groups in total. The third kappa shape index (κ3) is 2.35. The highest BCUT2D eigenvalue weighted by molar-refractivity contribution is 14.1. The zero-order valence-corrected chi connectivity index (χ0v) is 9.08. The molecule has 1 aromatic carbocycles. The van der Waals surface area contributed by atoms with E-state index in [9.17, 15) is 5.11 Å². The average Bonchev–Trinajstić information content (AvgIpc) is 1.98. The summed E-state index contributed by atoms with van der Waals surface area (Å²) < 4.78 is 0.880. The van der Waals surface area contributed by atoms with Crippen molar-refractivity contribution in [1.29, 1.82) is 0 Å². The van der Waals surface area contributed by atoms with E-state index < -0.39 is 0 Å². The van der Waals surface area contributed by atoms with Gasteiger partial charge in [-0.1, -0.05) is 12.1 Å². The van der Waals surface area contributed by atoms with Crippen LogP contribution in [0.1, 0.15) is 12.5 Å². The van der Waals surface area contributed by atoms with Gasteiger partial charge in [-0.3, -0.25) is 0 Å². The van der Waals surface area contributed by atoms with Crippen molar-refractivity contribution < 1.29 is 5.11 Å². The standard InChI is InChI=1S/C9H12INO/c1-6(11)5-7-3-2-4-8(10)9(7)12/h2-4,6,12H,5,11H2,1H3. The van der Waals surface area contributed by atoms with Crippen molar-refractivity contribution in [2.24, 2.45) is 5.73 Å². The molecule has 0 aromatic heterocycles. The van der Waals surface area contributed by atoms with Gasteiger partial charge in [0, 0.05) is 6.04 Å². The molecule has 1 unspecified atom stereocenters. The number of rotatable bonds is 2. The van der Waals surface area contributed by atoms with Gasteiger partial charge in [0.05, 0.1) is 3.57 Å². The maximum Gasteiger partial charge on any atom is 0.132 e. The van der Waals surface area contributed by atoms with Gasteiger partial charge < -0.3 is 10.8 Å². The van der Waals surface area contributed by atoms with Crippen molar-refractivity contribution in [3.63, 3.8) is 0 Å². The summed E-state index contributed by atoms with van der Waals surface area (Å²) in [4.78, 5) is 0. The third-order valence-electron chi connectivity index (χ3n) is 1.61. The molecule has 0 fully saturated rings. The second-order valence-corrected chi connectivity index (χ2v) is 4.09. The Hall–Kier alpha value is -0.290. The molecule has 66 valence electrons. The van der Waals surface area contributed by atoms with E-state index in [-0.39, 0.29) is 6.04 Å². The number of benzene rings is 1. The molecule has 0 aliphatic heterocycles. The smallest absolute Gasteiger partial charge is 0.132 e. The van der Waals surface area contributed by atoms with Crippen molar-refractivity contribution in [2.45, 2.75) is 19.4 Å². The number of halogens is 1. The number of hydrogen-bond donors (Lipinski definition) is 2. The van der Waals surface area contributed by atoms with Gasteiger partial charge in [-0.25, -0.2) is 0 Å². The van der Waals surface area contributed by atoms with Crippen LogP contribution in [0.5, 0.6) is 5.75 Å². The molecule has 1 atom stereocenters. The number of phenolic OH excluding ortho intramolecular Hbond substituents is 1. The van der Waals surface area contributed by atoms with Gasteiger partial charge >= 0.3 is 0 Å². The van der Waals surface area contributed by atoms with Crippen LogP contribution in [0.15, 0.2) is 18.2 Å². The molecular weight excluding hydrogens is 265 g/mol. The van der Waals surface area contributed by atoms with Gasteiger partial charge in [0.1, 0.15) is 5.75 Å². The van der Waals surface area contributed by atoms with Gasteiger partial charge in [-0.05, 0) is 47.6 Å². The highest BCUT2D eigenvalue weighted by Gasteiger charge is 2.05. The Kier molecular flexibility index (Phi) is 3.34. The largest absolute Gasteiger partial charge is 0.507 e. The zero-order chi connectivity index (χ0) is 9.14. The molecule has 1 rings (SSSR count). The van der Waals surface area contributed by atoms with Crippen LogP contribution < -0.4 is 5.73 Å². The van der Waals surface area contributed by atoms with E-state index >= 15 is 0 Å². The monoisotopic (exact) mass is 277 g/mol. The highest BCUT2D eigenvalue weighted by atomic mass is 127. The predicted octanol–water partition coefficient (Wildman–Crippen LogP) is 1.89. The molecule has 1 aromatic rings. The summed E-state index contributed by atoms with van der Waals surface area (Å²) >= 11 is 2.11. The molecule has 0 spiro atoms. The summed E-state index contributed by atoms with van der Waals surface area (Å²) in [5, 5.41) is 9.58. The summed E-state index contributed by atoms with van der Waals surface area (Å²) in [6.45, 7) is 1.93.